The molecule has 0 spiro atoms. The SMILES string of the molecule is CN(C)C(=O)[C@@H]1CC[C@H](N)[C@H](NC(=O)OC(C)(C)C)C1. The normalized spacial score (nSPS) is 26.8. The van der Waals surface area contributed by atoms with Crippen molar-refractivity contribution in [2.45, 2.75) is 57.7 Å². The van der Waals surface area contributed by atoms with Crippen molar-refractivity contribution in [3.05, 3.63) is 0 Å². The highest BCUT2D eigenvalue weighted by atomic mass is 16.6. The van der Waals surface area contributed by atoms with Crippen LogP contribution < -0.4 is 11.1 Å². The van der Waals surface area contributed by atoms with Gasteiger partial charge in [-0.2, -0.15) is 0 Å². The van der Waals surface area contributed by atoms with Crippen LogP contribution in [0.3, 0.4) is 0 Å². The summed E-state index contributed by atoms with van der Waals surface area (Å²) >= 11 is 0. The van der Waals surface area contributed by atoms with Gasteiger partial charge in [-0.15, -0.1) is 0 Å². The standard InChI is InChI=1S/C14H27N3O3/c1-14(2,3)20-13(19)16-11-8-9(6-7-10(11)15)12(18)17(4)5/h9-11H,6-8,15H2,1-5H3,(H,16,19)/t9-,10+,11-/m1/s1. The van der Waals surface area contributed by atoms with Gasteiger partial charge in [-0.3, -0.25) is 4.79 Å². The number of ether oxygens (including phenoxy) is 1. The van der Waals surface area contributed by atoms with E-state index in [1.54, 1.807) is 19.0 Å². The second-order valence-electron chi connectivity index (χ2n) is 6.66. The summed E-state index contributed by atoms with van der Waals surface area (Å²) < 4.78 is 5.23. The van der Waals surface area contributed by atoms with Crippen molar-refractivity contribution < 1.29 is 14.3 Å². The van der Waals surface area contributed by atoms with Crippen molar-refractivity contribution in [3.63, 3.8) is 0 Å². The molecular formula is C14H27N3O3. The van der Waals surface area contributed by atoms with Gasteiger partial charge in [0.25, 0.3) is 0 Å². The highest BCUT2D eigenvalue weighted by molar-refractivity contribution is 5.78. The van der Waals surface area contributed by atoms with Gasteiger partial charge in [-0.05, 0) is 40.0 Å². The maximum absolute atomic E-state index is 12.0. The topological polar surface area (TPSA) is 84.7 Å². The van der Waals surface area contributed by atoms with Crippen LogP contribution in [0.4, 0.5) is 4.79 Å². The second-order valence-corrected chi connectivity index (χ2v) is 6.66. The summed E-state index contributed by atoms with van der Waals surface area (Å²) in [6.07, 6.45) is 1.59. The Balaban J connectivity index is 2.59. The summed E-state index contributed by atoms with van der Waals surface area (Å²) in [4.78, 5) is 25.4. The lowest BCUT2D eigenvalue weighted by atomic mass is 9.82. The molecule has 20 heavy (non-hydrogen) atoms. The number of alkyl carbamates (subject to hydrolysis) is 1. The van der Waals surface area contributed by atoms with E-state index in [9.17, 15) is 9.59 Å². The summed E-state index contributed by atoms with van der Waals surface area (Å²) in [5, 5.41) is 2.79. The number of nitrogens with two attached hydrogens (primary N) is 1. The molecule has 1 rings (SSSR count). The third-order valence-corrected chi connectivity index (χ3v) is 3.40. The molecular weight excluding hydrogens is 258 g/mol. The van der Waals surface area contributed by atoms with Gasteiger partial charge in [0.1, 0.15) is 5.60 Å². The van der Waals surface area contributed by atoms with E-state index in [1.807, 2.05) is 20.8 Å². The van der Waals surface area contributed by atoms with Crippen LogP contribution in [0.2, 0.25) is 0 Å². The zero-order valence-corrected chi connectivity index (χ0v) is 13.1. The Morgan fingerprint density at radius 1 is 1.25 bits per heavy atom. The molecule has 6 nitrogen and oxygen atoms in total. The first-order valence-electron chi connectivity index (χ1n) is 7.06. The van der Waals surface area contributed by atoms with Crippen molar-refractivity contribution in [2.24, 2.45) is 11.7 Å². The van der Waals surface area contributed by atoms with Gasteiger partial charge in [0.15, 0.2) is 0 Å². The molecule has 2 amide bonds. The van der Waals surface area contributed by atoms with E-state index >= 15 is 0 Å². The number of carbonyl (C=O) groups is 2. The van der Waals surface area contributed by atoms with Crippen LogP contribution in [0.25, 0.3) is 0 Å². The van der Waals surface area contributed by atoms with Gasteiger partial charge in [-0.1, -0.05) is 0 Å². The molecule has 1 fully saturated rings. The smallest absolute Gasteiger partial charge is 0.407 e. The van der Waals surface area contributed by atoms with Crippen LogP contribution in [0, 0.1) is 5.92 Å². The summed E-state index contributed by atoms with van der Waals surface area (Å²) in [5.41, 5.74) is 5.49. The Morgan fingerprint density at radius 2 is 1.85 bits per heavy atom. The molecule has 1 saturated carbocycles. The summed E-state index contributed by atoms with van der Waals surface area (Å²) in [7, 11) is 3.49. The molecule has 1 aliphatic carbocycles. The fourth-order valence-electron chi connectivity index (χ4n) is 2.41. The van der Waals surface area contributed by atoms with E-state index in [-0.39, 0.29) is 23.9 Å². The van der Waals surface area contributed by atoms with Gasteiger partial charge >= 0.3 is 6.09 Å². The summed E-state index contributed by atoms with van der Waals surface area (Å²) in [6.45, 7) is 5.43. The maximum Gasteiger partial charge on any atom is 0.407 e. The average Bonchev–Trinajstić information content (AvgIpc) is 2.28. The Labute approximate surface area is 121 Å². The lowest BCUT2D eigenvalue weighted by Crippen LogP contribution is -2.53. The quantitative estimate of drug-likeness (QED) is 0.795. The third kappa shape index (κ3) is 5.00. The van der Waals surface area contributed by atoms with E-state index in [4.69, 9.17) is 10.5 Å². The number of nitrogens with one attached hydrogen (secondary N) is 1. The predicted molar refractivity (Wildman–Crippen MR) is 77.2 cm³/mol. The zero-order chi connectivity index (χ0) is 15.5. The lowest BCUT2D eigenvalue weighted by Gasteiger charge is -2.35. The molecule has 0 aromatic rings. The molecule has 0 saturated heterocycles. The minimum atomic E-state index is -0.540. The van der Waals surface area contributed by atoms with Gasteiger partial charge in [-0.25, -0.2) is 4.79 Å². The monoisotopic (exact) mass is 285 g/mol. The molecule has 6 heteroatoms. The Kier molecular flexibility index (Phi) is 5.39. The fraction of sp³-hybridized carbons (Fsp3) is 0.857. The minimum absolute atomic E-state index is 0.0789. The molecule has 0 radical (unpaired) electrons. The van der Waals surface area contributed by atoms with Gasteiger partial charge < -0.3 is 20.7 Å². The van der Waals surface area contributed by atoms with E-state index in [0.717, 1.165) is 12.8 Å². The van der Waals surface area contributed by atoms with Crippen LogP contribution in [-0.4, -0.2) is 48.7 Å². The average molecular weight is 285 g/mol. The van der Waals surface area contributed by atoms with Crippen molar-refractivity contribution in [1.82, 2.24) is 10.2 Å². The molecule has 116 valence electrons. The van der Waals surface area contributed by atoms with Crippen molar-refractivity contribution in [1.29, 1.82) is 0 Å². The molecule has 0 bridgehead atoms. The Morgan fingerprint density at radius 3 is 2.35 bits per heavy atom. The minimum Gasteiger partial charge on any atom is -0.444 e. The first-order valence-corrected chi connectivity index (χ1v) is 7.06. The molecule has 3 N–H and O–H groups in total. The largest absolute Gasteiger partial charge is 0.444 e. The van der Waals surface area contributed by atoms with E-state index in [2.05, 4.69) is 5.32 Å². The molecule has 0 unspecified atom stereocenters. The Bertz CT molecular complexity index is 363. The highest BCUT2D eigenvalue weighted by Gasteiger charge is 2.34. The number of carbonyl (C=O) groups excluding carboxylic acids is 2. The maximum atomic E-state index is 12.0. The van der Waals surface area contributed by atoms with Crippen molar-refractivity contribution in [2.75, 3.05) is 14.1 Å². The number of amides is 2. The van der Waals surface area contributed by atoms with E-state index < -0.39 is 11.7 Å². The van der Waals surface area contributed by atoms with E-state index in [0.29, 0.717) is 6.42 Å². The molecule has 3 atom stereocenters. The van der Waals surface area contributed by atoms with Crippen LogP contribution in [0.5, 0.6) is 0 Å². The van der Waals surface area contributed by atoms with Gasteiger partial charge in [0.05, 0.1) is 0 Å². The van der Waals surface area contributed by atoms with Crippen molar-refractivity contribution in [3.8, 4) is 0 Å². The first-order chi connectivity index (χ1) is 9.10. The number of hydrogen-bond donors (Lipinski definition) is 2. The summed E-state index contributed by atoms with van der Waals surface area (Å²) in [6, 6.07) is -0.346. The second kappa shape index (κ2) is 6.43. The van der Waals surface area contributed by atoms with Crippen LogP contribution in [-0.2, 0) is 9.53 Å². The van der Waals surface area contributed by atoms with E-state index in [1.165, 1.54) is 0 Å². The van der Waals surface area contributed by atoms with Crippen LogP contribution >= 0.6 is 0 Å². The molecule has 0 aromatic carbocycles. The number of nitrogens with zero attached hydrogens (tertiary/aromatic N) is 1. The van der Waals surface area contributed by atoms with Crippen LogP contribution in [0.1, 0.15) is 40.0 Å². The summed E-state index contributed by atoms with van der Waals surface area (Å²) in [5.74, 6) is 0.0117. The van der Waals surface area contributed by atoms with Gasteiger partial charge in [0, 0.05) is 32.1 Å². The lowest BCUT2D eigenvalue weighted by molar-refractivity contribution is -0.134. The molecule has 1 aliphatic rings. The van der Waals surface area contributed by atoms with Crippen LogP contribution in [0.15, 0.2) is 0 Å². The van der Waals surface area contributed by atoms with Crippen molar-refractivity contribution >= 4 is 12.0 Å². The number of rotatable bonds is 2. The number of hydrogen-bond acceptors (Lipinski definition) is 4. The zero-order valence-electron chi connectivity index (χ0n) is 13.1. The predicted octanol–water partition coefficient (Wildman–Crippen LogP) is 1.10. The molecule has 0 aromatic heterocycles. The third-order valence-electron chi connectivity index (χ3n) is 3.40. The Hall–Kier alpha value is -1.30. The fourth-order valence-corrected chi connectivity index (χ4v) is 2.41. The molecule has 0 heterocycles. The molecule has 0 aliphatic heterocycles. The highest BCUT2D eigenvalue weighted by Crippen LogP contribution is 2.25. The van der Waals surface area contributed by atoms with Gasteiger partial charge in [0.2, 0.25) is 5.91 Å². The first kappa shape index (κ1) is 16.8.